The van der Waals surface area contributed by atoms with Crippen LogP contribution in [0.3, 0.4) is 0 Å². The van der Waals surface area contributed by atoms with E-state index in [4.69, 9.17) is 4.74 Å². The Kier molecular flexibility index (Phi) is 4.84. The number of nitrogens with zero attached hydrogens (tertiary/aromatic N) is 5. The second-order valence-electron chi connectivity index (χ2n) is 4.89. The number of esters is 1. The van der Waals surface area contributed by atoms with Crippen molar-refractivity contribution in [3.05, 3.63) is 5.82 Å². The summed E-state index contributed by atoms with van der Waals surface area (Å²) in [5.41, 5.74) is 0. The number of rotatable bonds is 5. The minimum absolute atomic E-state index is 0.0490. The van der Waals surface area contributed by atoms with Crippen molar-refractivity contribution in [1.82, 2.24) is 25.1 Å². The number of carbonyl (C=O) groups excluding carboxylic acids is 1. The van der Waals surface area contributed by atoms with Gasteiger partial charge in [-0.3, -0.25) is 9.69 Å². The molecule has 1 aromatic heterocycles. The van der Waals surface area contributed by atoms with E-state index in [1.54, 1.807) is 0 Å². The lowest BCUT2D eigenvalue weighted by molar-refractivity contribution is -0.147. The molecule has 1 aliphatic heterocycles. The average Bonchev–Trinajstić information content (AvgIpc) is 2.86. The van der Waals surface area contributed by atoms with Crippen molar-refractivity contribution < 1.29 is 9.53 Å². The number of ether oxygens (including phenoxy) is 1. The molecule has 0 aromatic carbocycles. The fraction of sp³-hybridized carbons (Fsp3) is 0.833. The number of hydrogen-bond acceptors (Lipinski definition) is 6. The highest BCUT2D eigenvalue weighted by Gasteiger charge is 2.26. The van der Waals surface area contributed by atoms with E-state index < -0.39 is 0 Å². The summed E-state index contributed by atoms with van der Waals surface area (Å²) in [4.78, 5) is 13.7. The quantitative estimate of drug-likeness (QED) is 0.722. The van der Waals surface area contributed by atoms with Crippen molar-refractivity contribution in [2.45, 2.75) is 39.3 Å². The van der Waals surface area contributed by atoms with Crippen LogP contribution in [-0.4, -0.2) is 51.3 Å². The topological polar surface area (TPSA) is 73.1 Å². The summed E-state index contributed by atoms with van der Waals surface area (Å²) in [6.45, 7) is 5.48. The molecular weight excluding hydrogens is 246 g/mol. The van der Waals surface area contributed by atoms with Crippen LogP contribution < -0.4 is 0 Å². The number of aromatic nitrogens is 4. The smallest absolute Gasteiger partial charge is 0.308 e. The molecule has 0 bridgehead atoms. The molecule has 106 valence electrons. The lowest BCUT2D eigenvalue weighted by Crippen LogP contribution is -2.37. The number of aryl methyl sites for hydroxylation is 1. The number of methoxy groups -OCH3 is 1. The Balaban J connectivity index is 1.85. The third-order valence-corrected chi connectivity index (χ3v) is 3.53. The molecule has 0 N–H and O–H groups in total. The SMILES string of the molecule is CCCn1nnnc1CN1CCC(C(=O)OC)CC1. The first-order valence-corrected chi connectivity index (χ1v) is 6.79. The van der Waals surface area contributed by atoms with Crippen LogP contribution in [0.25, 0.3) is 0 Å². The van der Waals surface area contributed by atoms with Crippen molar-refractivity contribution in [3.63, 3.8) is 0 Å². The molecule has 1 saturated heterocycles. The zero-order chi connectivity index (χ0) is 13.7. The van der Waals surface area contributed by atoms with E-state index in [9.17, 15) is 4.79 Å². The van der Waals surface area contributed by atoms with E-state index in [2.05, 4.69) is 27.3 Å². The fourth-order valence-corrected chi connectivity index (χ4v) is 2.42. The maximum absolute atomic E-state index is 11.5. The Morgan fingerprint density at radius 3 is 2.79 bits per heavy atom. The van der Waals surface area contributed by atoms with E-state index >= 15 is 0 Å². The van der Waals surface area contributed by atoms with Crippen LogP contribution in [-0.2, 0) is 22.6 Å². The summed E-state index contributed by atoms with van der Waals surface area (Å²) in [6.07, 6.45) is 2.71. The number of hydrogen-bond donors (Lipinski definition) is 0. The Morgan fingerprint density at radius 1 is 1.42 bits per heavy atom. The molecular formula is C12H21N5O2. The van der Waals surface area contributed by atoms with Gasteiger partial charge in [-0.2, -0.15) is 0 Å². The third kappa shape index (κ3) is 3.50. The van der Waals surface area contributed by atoms with Gasteiger partial charge in [0.2, 0.25) is 0 Å². The molecule has 2 heterocycles. The van der Waals surface area contributed by atoms with Gasteiger partial charge >= 0.3 is 5.97 Å². The van der Waals surface area contributed by atoms with Crippen molar-refractivity contribution in [2.24, 2.45) is 5.92 Å². The molecule has 0 radical (unpaired) electrons. The summed E-state index contributed by atoms with van der Waals surface area (Å²) < 4.78 is 6.64. The van der Waals surface area contributed by atoms with E-state index in [0.717, 1.165) is 51.3 Å². The first-order chi connectivity index (χ1) is 9.24. The van der Waals surface area contributed by atoms with Gasteiger partial charge in [0.05, 0.1) is 19.6 Å². The second kappa shape index (κ2) is 6.60. The molecule has 0 saturated carbocycles. The van der Waals surface area contributed by atoms with Crippen molar-refractivity contribution >= 4 is 5.97 Å². The lowest BCUT2D eigenvalue weighted by Gasteiger charge is -2.29. The highest BCUT2D eigenvalue weighted by Crippen LogP contribution is 2.19. The summed E-state index contributed by atoms with van der Waals surface area (Å²) in [6, 6.07) is 0. The molecule has 0 amide bonds. The van der Waals surface area contributed by atoms with Crippen LogP contribution in [0.15, 0.2) is 0 Å². The summed E-state index contributed by atoms with van der Waals surface area (Å²) in [7, 11) is 1.45. The first-order valence-electron chi connectivity index (χ1n) is 6.79. The molecule has 1 aliphatic rings. The van der Waals surface area contributed by atoms with Crippen LogP contribution in [0.1, 0.15) is 32.0 Å². The Labute approximate surface area is 112 Å². The summed E-state index contributed by atoms with van der Waals surface area (Å²) in [5.74, 6) is 0.863. The van der Waals surface area contributed by atoms with Gasteiger partial charge in [-0.25, -0.2) is 4.68 Å². The molecule has 7 heteroatoms. The van der Waals surface area contributed by atoms with Crippen LogP contribution in [0.5, 0.6) is 0 Å². The van der Waals surface area contributed by atoms with Gasteiger partial charge < -0.3 is 4.74 Å². The van der Waals surface area contributed by atoms with Gasteiger partial charge in [-0.05, 0) is 42.8 Å². The van der Waals surface area contributed by atoms with E-state index in [1.807, 2.05) is 4.68 Å². The average molecular weight is 267 g/mol. The van der Waals surface area contributed by atoms with Crippen molar-refractivity contribution in [1.29, 1.82) is 0 Å². The van der Waals surface area contributed by atoms with Gasteiger partial charge in [0, 0.05) is 6.54 Å². The standard InChI is InChI=1S/C12H21N5O2/c1-3-6-17-11(13-14-15-17)9-16-7-4-10(5-8-16)12(18)19-2/h10H,3-9H2,1-2H3. The molecule has 7 nitrogen and oxygen atoms in total. The maximum atomic E-state index is 11.5. The van der Waals surface area contributed by atoms with Gasteiger partial charge in [0.25, 0.3) is 0 Å². The molecule has 0 aliphatic carbocycles. The summed E-state index contributed by atoms with van der Waals surface area (Å²) >= 11 is 0. The Morgan fingerprint density at radius 2 is 2.16 bits per heavy atom. The molecule has 0 atom stereocenters. The van der Waals surface area contributed by atoms with Gasteiger partial charge in [-0.15, -0.1) is 5.10 Å². The highest BCUT2D eigenvalue weighted by atomic mass is 16.5. The van der Waals surface area contributed by atoms with Crippen LogP contribution in [0.4, 0.5) is 0 Å². The normalized spacial score (nSPS) is 17.6. The fourth-order valence-electron chi connectivity index (χ4n) is 2.42. The number of carbonyl (C=O) groups is 1. The molecule has 2 rings (SSSR count). The van der Waals surface area contributed by atoms with E-state index in [0.29, 0.717) is 0 Å². The molecule has 1 aromatic rings. The molecule has 0 spiro atoms. The lowest BCUT2D eigenvalue weighted by atomic mass is 9.97. The number of likely N-dealkylation sites (tertiary alicyclic amines) is 1. The zero-order valence-electron chi connectivity index (χ0n) is 11.6. The first kappa shape index (κ1) is 13.9. The van der Waals surface area contributed by atoms with Gasteiger partial charge in [0.15, 0.2) is 5.82 Å². The Bertz CT molecular complexity index is 412. The minimum atomic E-state index is -0.0875. The molecule has 19 heavy (non-hydrogen) atoms. The zero-order valence-corrected chi connectivity index (χ0v) is 11.6. The highest BCUT2D eigenvalue weighted by molar-refractivity contribution is 5.72. The second-order valence-corrected chi connectivity index (χ2v) is 4.89. The van der Waals surface area contributed by atoms with Gasteiger partial charge in [-0.1, -0.05) is 6.92 Å². The predicted molar refractivity (Wildman–Crippen MR) is 68.1 cm³/mol. The maximum Gasteiger partial charge on any atom is 0.308 e. The van der Waals surface area contributed by atoms with Crippen molar-refractivity contribution in [3.8, 4) is 0 Å². The third-order valence-electron chi connectivity index (χ3n) is 3.53. The summed E-state index contributed by atoms with van der Waals surface area (Å²) in [5, 5.41) is 11.8. The minimum Gasteiger partial charge on any atom is -0.469 e. The van der Waals surface area contributed by atoms with Crippen LogP contribution in [0.2, 0.25) is 0 Å². The van der Waals surface area contributed by atoms with Crippen LogP contribution >= 0.6 is 0 Å². The van der Waals surface area contributed by atoms with E-state index in [1.165, 1.54) is 7.11 Å². The van der Waals surface area contributed by atoms with E-state index in [-0.39, 0.29) is 11.9 Å². The number of tetrazole rings is 1. The largest absolute Gasteiger partial charge is 0.469 e. The molecule has 0 unspecified atom stereocenters. The Hall–Kier alpha value is -1.50. The molecule has 1 fully saturated rings. The predicted octanol–water partition coefficient (Wildman–Crippen LogP) is 0.468. The van der Waals surface area contributed by atoms with Crippen molar-refractivity contribution in [2.75, 3.05) is 20.2 Å². The van der Waals surface area contributed by atoms with Crippen LogP contribution in [0, 0.1) is 5.92 Å². The van der Waals surface area contributed by atoms with Gasteiger partial charge in [0.1, 0.15) is 0 Å². The monoisotopic (exact) mass is 267 g/mol. The number of piperidine rings is 1.